The van der Waals surface area contributed by atoms with E-state index in [9.17, 15) is 4.79 Å². The summed E-state index contributed by atoms with van der Waals surface area (Å²) in [4.78, 5) is 14.0. The van der Waals surface area contributed by atoms with Crippen LogP contribution in [0.4, 0.5) is 5.69 Å². The molecule has 0 atom stereocenters. The lowest BCUT2D eigenvalue weighted by atomic mass is 10.2. The molecule has 0 aliphatic heterocycles. The molecule has 0 bridgehead atoms. The number of anilines is 1. The minimum Gasteiger partial charge on any atom is -0.399 e. The highest BCUT2D eigenvalue weighted by molar-refractivity contribution is 5.92. The van der Waals surface area contributed by atoms with E-state index in [2.05, 4.69) is 5.10 Å². The molecule has 1 heterocycles. The van der Waals surface area contributed by atoms with Crippen LogP contribution in [0.3, 0.4) is 0 Å². The smallest absolute Gasteiger partial charge is 0.274 e. The van der Waals surface area contributed by atoms with E-state index >= 15 is 0 Å². The van der Waals surface area contributed by atoms with E-state index in [1.807, 2.05) is 26.0 Å². The first-order valence-electron chi connectivity index (χ1n) is 6.86. The second-order valence-corrected chi connectivity index (χ2v) is 5.05. The zero-order valence-corrected chi connectivity index (χ0v) is 12.2. The van der Waals surface area contributed by atoms with Gasteiger partial charge in [-0.1, -0.05) is 0 Å². The lowest BCUT2D eigenvalue weighted by molar-refractivity contribution is 0.0659. The highest BCUT2D eigenvalue weighted by Gasteiger charge is 2.20. The van der Waals surface area contributed by atoms with Crippen molar-refractivity contribution in [2.75, 3.05) is 18.9 Å². The Labute approximate surface area is 123 Å². The number of rotatable bonds is 5. The highest BCUT2D eigenvalue weighted by atomic mass is 16.3. The SMILES string of the molecule is CC(C)N(CCO)C(=O)c1ccn(-c2ccc(N)cc2)n1. The Morgan fingerprint density at radius 1 is 1.33 bits per heavy atom. The van der Waals surface area contributed by atoms with Gasteiger partial charge in [0.2, 0.25) is 0 Å². The molecule has 0 aliphatic carbocycles. The van der Waals surface area contributed by atoms with Gasteiger partial charge in [-0.2, -0.15) is 5.10 Å². The summed E-state index contributed by atoms with van der Waals surface area (Å²) >= 11 is 0. The summed E-state index contributed by atoms with van der Waals surface area (Å²) in [6, 6.07) is 8.92. The number of aliphatic hydroxyl groups excluding tert-OH is 1. The number of carbonyl (C=O) groups is 1. The van der Waals surface area contributed by atoms with Gasteiger partial charge in [-0.05, 0) is 44.2 Å². The molecule has 6 heteroatoms. The molecule has 0 aliphatic rings. The van der Waals surface area contributed by atoms with Gasteiger partial charge in [-0.3, -0.25) is 4.79 Å². The van der Waals surface area contributed by atoms with E-state index in [1.165, 1.54) is 0 Å². The molecule has 1 aromatic carbocycles. The molecule has 1 amide bonds. The van der Waals surface area contributed by atoms with Gasteiger partial charge >= 0.3 is 0 Å². The predicted molar refractivity (Wildman–Crippen MR) is 81.2 cm³/mol. The fourth-order valence-corrected chi connectivity index (χ4v) is 2.06. The number of benzene rings is 1. The van der Waals surface area contributed by atoms with E-state index < -0.39 is 0 Å². The summed E-state index contributed by atoms with van der Waals surface area (Å²) in [5.74, 6) is -0.187. The maximum Gasteiger partial charge on any atom is 0.274 e. The van der Waals surface area contributed by atoms with Crippen LogP contribution in [-0.2, 0) is 0 Å². The second kappa shape index (κ2) is 6.41. The fraction of sp³-hybridized carbons (Fsp3) is 0.333. The fourth-order valence-electron chi connectivity index (χ4n) is 2.06. The predicted octanol–water partition coefficient (Wildman–Crippen LogP) is 1.30. The van der Waals surface area contributed by atoms with E-state index in [0.717, 1.165) is 5.69 Å². The third kappa shape index (κ3) is 3.41. The van der Waals surface area contributed by atoms with Crippen LogP contribution in [0.25, 0.3) is 5.69 Å². The van der Waals surface area contributed by atoms with Crippen LogP contribution in [0.1, 0.15) is 24.3 Å². The summed E-state index contributed by atoms with van der Waals surface area (Å²) in [6.07, 6.45) is 1.73. The van der Waals surface area contributed by atoms with Crippen LogP contribution in [0.15, 0.2) is 36.5 Å². The molecular formula is C15H20N4O2. The van der Waals surface area contributed by atoms with Gasteiger partial charge in [-0.25, -0.2) is 4.68 Å². The quantitative estimate of drug-likeness (QED) is 0.812. The number of amides is 1. The standard InChI is InChI=1S/C15H20N4O2/c1-11(2)18(9-10-20)15(21)14-7-8-19(17-14)13-5-3-12(16)4-6-13/h3-8,11,20H,9-10,16H2,1-2H3. The molecule has 0 saturated heterocycles. The van der Waals surface area contributed by atoms with Crippen molar-refractivity contribution in [2.45, 2.75) is 19.9 Å². The Kier molecular flexibility index (Phi) is 4.59. The molecule has 1 aromatic heterocycles. The Morgan fingerprint density at radius 3 is 2.57 bits per heavy atom. The monoisotopic (exact) mass is 288 g/mol. The Bertz CT molecular complexity index is 604. The number of nitrogen functional groups attached to an aromatic ring is 1. The molecule has 0 radical (unpaired) electrons. The van der Waals surface area contributed by atoms with Crippen molar-refractivity contribution in [1.82, 2.24) is 14.7 Å². The Hall–Kier alpha value is -2.34. The molecule has 0 unspecified atom stereocenters. The topological polar surface area (TPSA) is 84.4 Å². The number of aromatic nitrogens is 2. The molecule has 0 saturated carbocycles. The van der Waals surface area contributed by atoms with Gasteiger partial charge in [0.1, 0.15) is 0 Å². The van der Waals surface area contributed by atoms with Gasteiger partial charge in [0, 0.05) is 24.5 Å². The van der Waals surface area contributed by atoms with Gasteiger partial charge in [0.05, 0.1) is 12.3 Å². The van der Waals surface area contributed by atoms with Crippen molar-refractivity contribution in [3.63, 3.8) is 0 Å². The van der Waals surface area contributed by atoms with Gasteiger partial charge in [0.25, 0.3) is 5.91 Å². The normalized spacial score (nSPS) is 10.9. The minimum atomic E-state index is -0.187. The van der Waals surface area contributed by atoms with Crippen LogP contribution in [0, 0.1) is 0 Å². The molecule has 112 valence electrons. The average Bonchev–Trinajstić information content (AvgIpc) is 2.94. The van der Waals surface area contributed by atoms with Crippen molar-refractivity contribution < 1.29 is 9.90 Å². The number of nitrogens with zero attached hydrogens (tertiary/aromatic N) is 3. The molecule has 2 rings (SSSR count). The van der Waals surface area contributed by atoms with Crippen molar-refractivity contribution in [1.29, 1.82) is 0 Å². The largest absolute Gasteiger partial charge is 0.399 e. The number of aliphatic hydroxyl groups is 1. The van der Waals surface area contributed by atoms with E-state index in [-0.39, 0.29) is 18.6 Å². The van der Waals surface area contributed by atoms with Crippen molar-refractivity contribution >= 4 is 11.6 Å². The summed E-state index contributed by atoms with van der Waals surface area (Å²) in [5.41, 5.74) is 7.52. The first kappa shape index (κ1) is 15.1. The maximum absolute atomic E-state index is 12.4. The molecule has 21 heavy (non-hydrogen) atoms. The lowest BCUT2D eigenvalue weighted by Crippen LogP contribution is -2.39. The minimum absolute atomic E-state index is 0.00586. The molecule has 0 fully saturated rings. The van der Waals surface area contributed by atoms with Crippen LogP contribution in [0.5, 0.6) is 0 Å². The highest BCUT2D eigenvalue weighted by Crippen LogP contribution is 2.12. The van der Waals surface area contributed by atoms with E-state index in [0.29, 0.717) is 17.9 Å². The molecule has 6 nitrogen and oxygen atoms in total. The zero-order valence-electron chi connectivity index (χ0n) is 12.2. The van der Waals surface area contributed by atoms with Crippen molar-refractivity contribution in [2.24, 2.45) is 0 Å². The molecule has 0 spiro atoms. The summed E-state index contributed by atoms with van der Waals surface area (Å²) in [6.45, 7) is 4.04. The zero-order chi connectivity index (χ0) is 15.4. The van der Waals surface area contributed by atoms with Crippen LogP contribution < -0.4 is 5.73 Å². The van der Waals surface area contributed by atoms with Gasteiger partial charge < -0.3 is 15.7 Å². The molecular weight excluding hydrogens is 268 g/mol. The molecule has 3 N–H and O–H groups in total. The van der Waals surface area contributed by atoms with E-state index in [4.69, 9.17) is 10.8 Å². The average molecular weight is 288 g/mol. The maximum atomic E-state index is 12.4. The lowest BCUT2D eigenvalue weighted by Gasteiger charge is -2.24. The summed E-state index contributed by atoms with van der Waals surface area (Å²) in [7, 11) is 0. The molecule has 2 aromatic rings. The first-order chi connectivity index (χ1) is 10.0. The van der Waals surface area contributed by atoms with Crippen molar-refractivity contribution in [3.05, 3.63) is 42.2 Å². The van der Waals surface area contributed by atoms with E-state index in [1.54, 1.807) is 34.0 Å². The van der Waals surface area contributed by atoms with Crippen LogP contribution in [-0.4, -0.2) is 44.9 Å². The van der Waals surface area contributed by atoms with Crippen molar-refractivity contribution in [3.8, 4) is 5.69 Å². The Morgan fingerprint density at radius 2 is 2.00 bits per heavy atom. The van der Waals surface area contributed by atoms with Crippen LogP contribution >= 0.6 is 0 Å². The first-order valence-corrected chi connectivity index (χ1v) is 6.86. The number of nitrogens with two attached hydrogens (primary N) is 1. The van der Waals surface area contributed by atoms with Crippen LogP contribution in [0.2, 0.25) is 0 Å². The second-order valence-electron chi connectivity index (χ2n) is 5.05. The van der Waals surface area contributed by atoms with Gasteiger partial charge in [0.15, 0.2) is 5.69 Å². The summed E-state index contributed by atoms with van der Waals surface area (Å²) in [5, 5.41) is 13.4. The summed E-state index contributed by atoms with van der Waals surface area (Å²) < 4.78 is 1.63. The number of hydrogen-bond donors (Lipinski definition) is 2. The van der Waals surface area contributed by atoms with Gasteiger partial charge in [-0.15, -0.1) is 0 Å². The number of hydrogen-bond acceptors (Lipinski definition) is 4. The number of carbonyl (C=O) groups excluding carboxylic acids is 1. The Balaban J connectivity index is 2.22. The third-order valence-electron chi connectivity index (χ3n) is 3.19. The third-order valence-corrected chi connectivity index (χ3v) is 3.19.